The van der Waals surface area contributed by atoms with Gasteiger partial charge in [0.15, 0.2) is 0 Å². The first-order chi connectivity index (χ1) is 11.6. The molecule has 0 aliphatic carbocycles. The van der Waals surface area contributed by atoms with Gasteiger partial charge in [-0.05, 0) is 25.9 Å². The number of aryl methyl sites for hydroxylation is 1. The van der Waals surface area contributed by atoms with Crippen LogP contribution in [0.25, 0.3) is 16.8 Å². The topological polar surface area (TPSA) is 106 Å². The quantitative estimate of drug-likeness (QED) is 0.621. The zero-order chi connectivity index (χ0) is 16.9. The summed E-state index contributed by atoms with van der Waals surface area (Å²) >= 11 is 0. The summed E-state index contributed by atoms with van der Waals surface area (Å²) in [5, 5.41) is 11.4. The zero-order valence-electron chi connectivity index (χ0n) is 13.8. The van der Waals surface area contributed by atoms with E-state index in [2.05, 4.69) is 20.5 Å². The fraction of sp³-hybridized carbons (Fsp3) is 0.438. The molecule has 1 saturated heterocycles. The maximum Gasteiger partial charge on any atom is 0.274 e. The Hall–Kier alpha value is -2.61. The molecule has 8 heteroatoms. The molecule has 128 valence electrons. The minimum Gasteiger partial charge on any atom is -0.382 e. The molecule has 4 heterocycles. The number of nitrogens with one attached hydrogen (secondary N) is 2. The van der Waals surface area contributed by atoms with Crippen LogP contribution in [-0.2, 0) is 7.05 Å². The van der Waals surface area contributed by atoms with Gasteiger partial charge >= 0.3 is 0 Å². The van der Waals surface area contributed by atoms with Gasteiger partial charge in [-0.2, -0.15) is 10.2 Å². The molecule has 0 aromatic carbocycles. The van der Waals surface area contributed by atoms with Crippen molar-refractivity contribution in [1.29, 1.82) is 0 Å². The van der Waals surface area contributed by atoms with E-state index in [1.54, 1.807) is 17.1 Å². The first-order valence-corrected chi connectivity index (χ1v) is 8.21. The van der Waals surface area contributed by atoms with Crippen LogP contribution in [0.1, 0.15) is 25.7 Å². The molecule has 4 rings (SSSR count). The van der Waals surface area contributed by atoms with Gasteiger partial charge in [-0.1, -0.05) is 12.8 Å². The number of hydrogen-bond acceptors (Lipinski definition) is 5. The molecule has 0 radical (unpaired) electrons. The third kappa shape index (κ3) is 3.83. The van der Waals surface area contributed by atoms with Crippen molar-refractivity contribution < 1.29 is 0 Å². The predicted octanol–water partition coefficient (Wildman–Crippen LogP) is 1.16. The number of aromatic nitrogens is 5. The Labute approximate surface area is 139 Å². The summed E-state index contributed by atoms with van der Waals surface area (Å²) in [6, 6.07) is 1.53. The van der Waals surface area contributed by atoms with Crippen molar-refractivity contribution in [3.63, 3.8) is 0 Å². The van der Waals surface area contributed by atoms with E-state index in [1.807, 2.05) is 13.2 Å². The van der Waals surface area contributed by atoms with Gasteiger partial charge in [0.25, 0.3) is 5.56 Å². The van der Waals surface area contributed by atoms with E-state index in [-0.39, 0.29) is 5.56 Å². The van der Waals surface area contributed by atoms with Crippen molar-refractivity contribution in [3.05, 3.63) is 35.0 Å². The second-order valence-corrected chi connectivity index (χ2v) is 5.96. The number of rotatable bonds is 1. The number of nitrogens with two attached hydrogens (primary N) is 1. The molecule has 8 nitrogen and oxygen atoms in total. The van der Waals surface area contributed by atoms with E-state index in [9.17, 15) is 4.79 Å². The fourth-order valence-electron chi connectivity index (χ4n) is 2.71. The van der Waals surface area contributed by atoms with Crippen LogP contribution in [-0.4, -0.2) is 37.5 Å². The van der Waals surface area contributed by atoms with Crippen LogP contribution in [0.2, 0.25) is 0 Å². The molecule has 3 aromatic heterocycles. The summed E-state index contributed by atoms with van der Waals surface area (Å²) < 4.78 is 3.13. The molecule has 4 N–H and O–H groups in total. The molecule has 1 aliphatic rings. The van der Waals surface area contributed by atoms with Crippen LogP contribution in [0.4, 0.5) is 5.82 Å². The number of nitrogen functional groups attached to an aromatic ring is 1. The number of nitrogens with zero attached hydrogens (tertiary/aromatic N) is 4. The molecule has 3 aromatic rings. The van der Waals surface area contributed by atoms with Crippen LogP contribution >= 0.6 is 0 Å². The summed E-state index contributed by atoms with van der Waals surface area (Å²) in [4.78, 5) is 14.6. The first-order valence-electron chi connectivity index (χ1n) is 8.21. The summed E-state index contributed by atoms with van der Waals surface area (Å²) in [6.45, 7) is 2.50. The summed E-state index contributed by atoms with van der Waals surface area (Å²) in [5.41, 5.74) is 7.22. The van der Waals surface area contributed by atoms with Gasteiger partial charge in [-0.3, -0.25) is 9.48 Å². The monoisotopic (exact) mass is 329 g/mol. The first kappa shape index (κ1) is 16.3. The molecule has 0 spiro atoms. The number of hydrogen-bond donors (Lipinski definition) is 3. The summed E-state index contributed by atoms with van der Waals surface area (Å²) in [7, 11) is 1.81. The van der Waals surface area contributed by atoms with E-state index < -0.39 is 0 Å². The lowest BCUT2D eigenvalue weighted by Gasteiger charge is -1.98. The van der Waals surface area contributed by atoms with E-state index in [1.165, 1.54) is 49.4 Å². The van der Waals surface area contributed by atoms with Crippen molar-refractivity contribution in [2.75, 3.05) is 18.8 Å². The van der Waals surface area contributed by atoms with E-state index >= 15 is 0 Å². The molecule has 1 aliphatic heterocycles. The van der Waals surface area contributed by atoms with Crippen LogP contribution in [0.3, 0.4) is 0 Å². The fourth-order valence-corrected chi connectivity index (χ4v) is 2.71. The Balaban J connectivity index is 0.000000203. The maximum atomic E-state index is 11.8. The molecule has 0 unspecified atom stereocenters. The van der Waals surface area contributed by atoms with Gasteiger partial charge in [-0.25, -0.2) is 4.52 Å². The summed E-state index contributed by atoms with van der Waals surface area (Å²) in [6.07, 6.45) is 10.8. The molecule has 0 atom stereocenters. The van der Waals surface area contributed by atoms with Gasteiger partial charge in [0.1, 0.15) is 11.3 Å². The molecule has 0 saturated carbocycles. The Bertz CT molecular complexity index is 841. The molecule has 0 bridgehead atoms. The van der Waals surface area contributed by atoms with Crippen molar-refractivity contribution in [3.8, 4) is 11.3 Å². The Morgan fingerprint density at radius 3 is 2.58 bits per heavy atom. The van der Waals surface area contributed by atoms with E-state index in [4.69, 9.17) is 5.73 Å². The third-order valence-corrected chi connectivity index (χ3v) is 3.96. The lowest BCUT2D eigenvalue weighted by atomic mass is 10.2. The van der Waals surface area contributed by atoms with Gasteiger partial charge < -0.3 is 16.0 Å². The zero-order valence-corrected chi connectivity index (χ0v) is 13.8. The largest absolute Gasteiger partial charge is 0.382 e. The smallest absolute Gasteiger partial charge is 0.274 e. The number of aromatic amines is 1. The molecule has 0 amide bonds. The molecular formula is C16H23N7O. The predicted molar refractivity (Wildman–Crippen MR) is 93.8 cm³/mol. The highest BCUT2D eigenvalue weighted by atomic mass is 16.1. The molecule has 24 heavy (non-hydrogen) atoms. The van der Waals surface area contributed by atoms with Gasteiger partial charge in [0.05, 0.1) is 18.1 Å². The average molecular weight is 329 g/mol. The third-order valence-electron chi connectivity index (χ3n) is 3.96. The Morgan fingerprint density at radius 1 is 1.17 bits per heavy atom. The number of anilines is 1. The van der Waals surface area contributed by atoms with Crippen molar-refractivity contribution in [1.82, 2.24) is 29.7 Å². The van der Waals surface area contributed by atoms with Crippen molar-refractivity contribution in [2.45, 2.75) is 25.7 Å². The second kappa shape index (κ2) is 7.31. The highest BCUT2D eigenvalue weighted by molar-refractivity contribution is 5.60. The van der Waals surface area contributed by atoms with Crippen LogP contribution in [0.15, 0.2) is 29.5 Å². The highest BCUT2D eigenvalue weighted by Gasteiger charge is 2.07. The van der Waals surface area contributed by atoms with Gasteiger partial charge in [-0.15, -0.1) is 0 Å². The minimum absolute atomic E-state index is 0.226. The number of H-pyrrole nitrogens is 1. The standard InChI is InChI=1S/C10H10N6O.C6H13N/c1-15-4-6(3-12-15)7-5-16-8(10(17)13-7)2-9(11)14-16;1-2-4-6-7-5-3-1/h2-5H,1H3,(H2,11,14)(H,13,17);7H,1-6H2. The Morgan fingerprint density at radius 2 is 1.92 bits per heavy atom. The van der Waals surface area contributed by atoms with Crippen LogP contribution < -0.4 is 16.6 Å². The van der Waals surface area contributed by atoms with Crippen LogP contribution in [0, 0.1) is 0 Å². The SMILES string of the molecule is C1CCCNCC1.Cn1cc(-c2cn3nc(N)cc3c(=O)[nH]2)cn1. The maximum absolute atomic E-state index is 11.8. The van der Waals surface area contributed by atoms with Gasteiger partial charge in [0.2, 0.25) is 0 Å². The van der Waals surface area contributed by atoms with Crippen molar-refractivity contribution >= 4 is 11.3 Å². The second-order valence-electron chi connectivity index (χ2n) is 5.96. The molecule has 1 fully saturated rings. The van der Waals surface area contributed by atoms with Crippen molar-refractivity contribution in [2.24, 2.45) is 7.05 Å². The van der Waals surface area contributed by atoms with Gasteiger partial charge in [0, 0.05) is 24.9 Å². The van der Waals surface area contributed by atoms with E-state index in [0.29, 0.717) is 17.0 Å². The lowest BCUT2D eigenvalue weighted by Crippen LogP contribution is -2.12. The lowest BCUT2D eigenvalue weighted by molar-refractivity contribution is 0.702. The molecular weight excluding hydrogens is 306 g/mol. The highest BCUT2D eigenvalue weighted by Crippen LogP contribution is 2.14. The average Bonchev–Trinajstić information content (AvgIpc) is 3.02. The summed E-state index contributed by atoms with van der Waals surface area (Å²) in [5.74, 6) is 0.318. The number of fused-ring (bicyclic) bond motifs is 1. The Kier molecular flexibility index (Phi) is 4.95. The van der Waals surface area contributed by atoms with Crippen LogP contribution in [0.5, 0.6) is 0 Å². The normalized spacial score (nSPS) is 14.9. The minimum atomic E-state index is -0.226. The van der Waals surface area contributed by atoms with E-state index in [0.717, 1.165) is 5.56 Å².